The molecule has 3 aliphatic rings. The molecule has 1 N–H and O–H groups in total. The fourth-order valence-electron chi connectivity index (χ4n) is 7.59. The van der Waals surface area contributed by atoms with Crippen molar-refractivity contribution in [3.63, 3.8) is 0 Å². The molecule has 3 aliphatic carbocycles. The summed E-state index contributed by atoms with van der Waals surface area (Å²) in [5.74, 6) is 0.0748. The van der Waals surface area contributed by atoms with Crippen molar-refractivity contribution in [2.75, 3.05) is 13.2 Å². The monoisotopic (exact) mass is 420 g/mol. The summed E-state index contributed by atoms with van der Waals surface area (Å²) in [6.45, 7) is 14.8. The second-order valence-corrected chi connectivity index (χ2v) is 11.2. The Bertz CT molecular complexity index is 698. The van der Waals surface area contributed by atoms with Crippen LogP contribution < -0.4 is 0 Å². The Hall–Kier alpha value is -1.36. The molecule has 0 aromatic carbocycles. The zero-order valence-electron chi connectivity index (χ0n) is 19.5. The number of aliphatic hydroxyl groups is 1. The van der Waals surface area contributed by atoms with Gasteiger partial charge in [-0.1, -0.05) is 46.3 Å². The smallest absolute Gasteiger partial charge is 0.313 e. The second-order valence-electron chi connectivity index (χ2n) is 11.2. The maximum Gasteiger partial charge on any atom is 0.313 e. The third kappa shape index (κ3) is 4.06. The molecule has 6 atom stereocenters. The predicted molar refractivity (Wildman–Crippen MR) is 116 cm³/mol. The molecule has 0 heterocycles. The Kier molecular flexibility index (Phi) is 6.44. The summed E-state index contributed by atoms with van der Waals surface area (Å²) in [4.78, 5) is 24.1. The van der Waals surface area contributed by atoms with E-state index in [1.165, 1.54) is 26.2 Å². The summed E-state index contributed by atoms with van der Waals surface area (Å²) in [6.07, 6.45) is 6.87. The number of carbonyl (C=O) groups is 2. The minimum Gasteiger partial charge on any atom is -0.463 e. The van der Waals surface area contributed by atoms with E-state index in [0.717, 1.165) is 31.3 Å². The van der Waals surface area contributed by atoms with Gasteiger partial charge in [-0.3, -0.25) is 9.59 Å². The summed E-state index contributed by atoms with van der Waals surface area (Å²) in [5.41, 5.74) is 1.39. The summed E-state index contributed by atoms with van der Waals surface area (Å²) < 4.78 is 10.3. The molecule has 0 amide bonds. The van der Waals surface area contributed by atoms with Crippen LogP contribution in [0.15, 0.2) is 12.2 Å². The molecular weight excluding hydrogens is 380 g/mol. The molecule has 170 valence electrons. The van der Waals surface area contributed by atoms with Crippen LogP contribution in [0.3, 0.4) is 0 Å². The summed E-state index contributed by atoms with van der Waals surface area (Å²) in [5, 5.41) is 9.98. The highest BCUT2D eigenvalue weighted by Crippen LogP contribution is 2.69. The number of rotatable bonds is 5. The number of hydrogen-bond acceptors (Lipinski definition) is 5. The van der Waals surface area contributed by atoms with Crippen LogP contribution in [0.25, 0.3) is 0 Å². The number of esters is 2. The van der Waals surface area contributed by atoms with Gasteiger partial charge < -0.3 is 14.6 Å². The van der Waals surface area contributed by atoms with Crippen LogP contribution in [0.5, 0.6) is 0 Å². The third-order valence-corrected chi connectivity index (χ3v) is 8.79. The van der Waals surface area contributed by atoms with E-state index < -0.39 is 12.1 Å². The van der Waals surface area contributed by atoms with E-state index in [1.54, 1.807) is 0 Å². The Morgan fingerprint density at radius 3 is 2.37 bits per heavy atom. The van der Waals surface area contributed by atoms with Gasteiger partial charge in [0.15, 0.2) is 0 Å². The lowest BCUT2D eigenvalue weighted by Crippen LogP contribution is -2.59. The van der Waals surface area contributed by atoms with Gasteiger partial charge in [-0.15, -0.1) is 0 Å². The van der Waals surface area contributed by atoms with E-state index >= 15 is 0 Å². The maximum absolute atomic E-state index is 13.2. The quantitative estimate of drug-likeness (QED) is 0.517. The van der Waals surface area contributed by atoms with E-state index in [2.05, 4.69) is 34.3 Å². The van der Waals surface area contributed by atoms with Crippen molar-refractivity contribution >= 4 is 11.9 Å². The lowest BCUT2D eigenvalue weighted by atomic mass is 9.39. The van der Waals surface area contributed by atoms with E-state index in [4.69, 9.17) is 9.47 Å². The van der Waals surface area contributed by atoms with Gasteiger partial charge in [0.2, 0.25) is 0 Å². The van der Waals surface area contributed by atoms with Crippen molar-refractivity contribution in [2.45, 2.75) is 85.7 Å². The summed E-state index contributed by atoms with van der Waals surface area (Å²) in [7, 11) is 0. The zero-order chi connectivity index (χ0) is 22.3. The Labute approximate surface area is 181 Å². The van der Waals surface area contributed by atoms with Crippen LogP contribution in [0.4, 0.5) is 0 Å². The number of fused-ring (bicyclic) bond motifs is 3. The van der Waals surface area contributed by atoms with E-state index in [0.29, 0.717) is 17.3 Å². The maximum atomic E-state index is 13.2. The van der Waals surface area contributed by atoms with Crippen molar-refractivity contribution in [1.82, 2.24) is 0 Å². The molecule has 0 aromatic rings. The van der Waals surface area contributed by atoms with Crippen LogP contribution in [0, 0.1) is 34.0 Å². The molecule has 0 spiro atoms. The molecule has 0 bridgehead atoms. The molecule has 0 unspecified atom stereocenters. The molecule has 3 rings (SSSR count). The Morgan fingerprint density at radius 1 is 1.03 bits per heavy atom. The highest BCUT2D eigenvalue weighted by atomic mass is 16.6. The van der Waals surface area contributed by atoms with Gasteiger partial charge in [-0.05, 0) is 66.6 Å². The summed E-state index contributed by atoms with van der Waals surface area (Å²) >= 11 is 0. The van der Waals surface area contributed by atoms with Crippen LogP contribution >= 0.6 is 0 Å². The van der Waals surface area contributed by atoms with Crippen LogP contribution in [0.2, 0.25) is 0 Å². The molecule has 0 aromatic heterocycles. The van der Waals surface area contributed by atoms with Gasteiger partial charge in [0.1, 0.15) is 19.3 Å². The molecule has 3 saturated carbocycles. The molecule has 5 nitrogen and oxygen atoms in total. The van der Waals surface area contributed by atoms with Crippen molar-refractivity contribution < 1.29 is 24.2 Å². The Morgan fingerprint density at radius 2 is 1.70 bits per heavy atom. The minimum atomic E-state index is -1.01. The number of carbonyl (C=O) groups excluding carboxylic acids is 2. The van der Waals surface area contributed by atoms with E-state index in [1.807, 2.05) is 0 Å². The van der Waals surface area contributed by atoms with E-state index in [-0.39, 0.29) is 35.9 Å². The third-order valence-electron chi connectivity index (χ3n) is 8.79. The molecule has 0 saturated heterocycles. The fourth-order valence-corrected chi connectivity index (χ4v) is 7.59. The van der Waals surface area contributed by atoms with Gasteiger partial charge in [-0.25, -0.2) is 0 Å². The molecule has 0 aliphatic heterocycles. The first-order valence-corrected chi connectivity index (χ1v) is 11.6. The van der Waals surface area contributed by atoms with Crippen LogP contribution in [0.1, 0.15) is 79.6 Å². The number of ether oxygens (including phenoxy) is 2. The SMILES string of the molecule is C=C1CC[C@H]2[C@@](C)(CC[C@H]3C(C)(C)CCC[C@]23C)[C@@H]1C(=O)OC[C@H](O)COC(C)=O. The number of hydrogen-bond donors (Lipinski definition) is 1. The van der Waals surface area contributed by atoms with Gasteiger partial charge >= 0.3 is 11.9 Å². The van der Waals surface area contributed by atoms with Gasteiger partial charge in [0.05, 0.1) is 5.92 Å². The molecule has 5 heteroatoms. The minimum absolute atomic E-state index is 0.161. The van der Waals surface area contributed by atoms with Crippen molar-refractivity contribution in [3.8, 4) is 0 Å². The molecule has 30 heavy (non-hydrogen) atoms. The van der Waals surface area contributed by atoms with Crippen LogP contribution in [-0.4, -0.2) is 36.4 Å². The largest absolute Gasteiger partial charge is 0.463 e. The first-order chi connectivity index (χ1) is 13.9. The topological polar surface area (TPSA) is 72.8 Å². The van der Waals surface area contributed by atoms with E-state index in [9.17, 15) is 14.7 Å². The average Bonchev–Trinajstić information content (AvgIpc) is 2.63. The molecule has 3 fully saturated rings. The summed E-state index contributed by atoms with van der Waals surface area (Å²) in [6, 6.07) is 0. The van der Waals surface area contributed by atoms with Crippen molar-refractivity contribution in [2.24, 2.45) is 34.0 Å². The first-order valence-electron chi connectivity index (χ1n) is 11.6. The van der Waals surface area contributed by atoms with Gasteiger partial charge in [-0.2, -0.15) is 0 Å². The van der Waals surface area contributed by atoms with Crippen LogP contribution in [-0.2, 0) is 19.1 Å². The average molecular weight is 421 g/mol. The zero-order valence-corrected chi connectivity index (χ0v) is 19.5. The fraction of sp³-hybridized carbons (Fsp3) is 0.840. The van der Waals surface area contributed by atoms with Gasteiger partial charge in [0, 0.05) is 6.92 Å². The highest BCUT2D eigenvalue weighted by Gasteiger charge is 2.62. The lowest BCUT2D eigenvalue weighted by Gasteiger charge is -2.65. The Balaban J connectivity index is 1.77. The van der Waals surface area contributed by atoms with Crippen molar-refractivity contribution in [1.29, 1.82) is 0 Å². The normalized spacial score (nSPS) is 38.7. The second kappa shape index (κ2) is 8.29. The number of aliphatic hydroxyl groups excluding tert-OH is 1. The van der Waals surface area contributed by atoms with Gasteiger partial charge in [0.25, 0.3) is 0 Å². The molecule has 0 radical (unpaired) electrons. The highest BCUT2D eigenvalue weighted by molar-refractivity contribution is 5.77. The molecular formula is C25H40O5. The predicted octanol–water partition coefficient (Wildman–Crippen LogP) is 4.67. The lowest BCUT2D eigenvalue weighted by molar-refractivity contribution is -0.178. The standard InChI is InChI=1S/C25H40O5/c1-16-8-9-20-24(5)12-7-11-23(3,4)19(24)10-13-25(20,6)21(16)22(28)30-15-18(27)14-29-17(2)26/h18-21,27H,1,7-15H2,2-6H3/t18-,19+,20-,21+,24+,25-/m1/s1. The first kappa shape index (κ1) is 23.3. The van der Waals surface area contributed by atoms with Crippen molar-refractivity contribution in [3.05, 3.63) is 12.2 Å².